The number of carbonyl (C=O) groups is 2. The lowest BCUT2D eigenvalue weighted by molar-refractivity contribution is -0.125. The molecule has 2 heterocycles. The van der Waals surface area contributed by atoms with Crippen LogP contribution in [-0.2, 0) is 16.0 Å². The normalized spacial score (nSPS) is 16.7. The highest BCUT2D eigenvalue weighted by molar-refractivity contribution is 7.99. The number of piperidine rings is 1. The molecule has 1 aromatic heterocycles. The van der Waals surface area contributed by atoms with Gasteiger partial charge in [0, 0.05) is 30.7 Å². The van der Waals surface area contributed by atoms with Crippen molar-refractivity contribution in [1.29, 1.82) is 0 Å². The molecule has 2 fully saturated rings. The Morgan fingerprint density at radius 1 is 1.03 bits per heavy atom. The van der Waals surface area contributed by atoms with E-state index in [1.165, 1.54) is 17.3 Å². The molecule has 0 atom stereocenters. The maximum atomic E-state index is 12.2. The number of rotatable bonds is 8. The van der Waals surface area contributed by atoms with Crippen LogP contribution in [0.1, 0.15) is 38.2 Å². The number of nitrogens with one attached hydrogen (secondary N) is 2. The lowest BCUT2D eigenvalue weighted by atomic mass is 9.96. The number of carbonyl (C=O) groups excluding carboxylic acids is 2. The fourth-order valence-electron chi connectivity index (χ4n) is 3.64. The second-order valence-corrected chi connectivity index (χ2v) is 9.16. The Kier molecular flexibility index (Phi) is 7.06. The van der Waals surface area contributed by atoms with E-state index >= 15 is 0 Å². The van der Waals surface area contributed by atoms with Crippen molar-refractivity contribution < 1.29 is 9.59 Å². The molecular formula is C23H29N5O2S. The Bertz CT molecular complexity index is 891. The summed E-state index contributed by atoms with van der Waals surface area (Å²) in [4.78, 5) is 26.6. The minimum absolute atomic E-state index is 0.0633. The maximum Gasteiger partial charge on any atom is 0.234 e. The summed E-state index contributed by atoms with van der Waals surface area (Å²) >= 11 is 1.37. The molecular weight excluding hydrogens is 410 g/mol. The van der Waals surface area contributed by atoms with E-state index in [-0.39, 0.29) is 23.5 Å². The van der Waals surface area contributed by atoms with Crippen molar-refractivity contribution >= 4 is 35.1 Å². The van der Waals surface area contributed by atoms with E-state index in [2.05, 4.69) is 32.7 Å². The largest absolute Gasteiger partial charge is 0.355 e. The first-order valence-corrected chi connectivity index (χ1v) is 12.0. The van der Waals surface area contributed by atoms with Crippen molar-refractivity contribution in [2.45, 2.75) is 50.1 Å². The average Bonchev–Trinajstić information content (AvgIpc) is 3.63. The number of aryl methyl sites for hydroxylation is 1. The van der Waals surface area contributed by atoms with E-state index in [1.807, 2.05) is 36.4 Å². The van der Waals surface area contributed by atoms with E-state index < -0.39 is 0 Å². The van der Waals surface area contributed by atoms with Gasteiger partial charge in [0.15, 0.2) is 5.82 Å². The Morgan fingerprint density at radius 2 is 1.77 bits per heavy atom. The van der Waals surface area contributed by atoms with Gasteiger partial charge in [-0.1, -0.05) is 30.8 Å². The molecule has 1 aliphatic carbocycles. The van der Waals surface area contributed by atoms with Crippen LogP contribution in [0.15, 0.2) is 41.4 Å². The van der Waals surface area contributed by atoms with Gasteiger partial charge in [-0.25, -0.2) is 0 Å². The van der Waals surface area contributed by atoms with Crippen LogP contribution >= 0.6 is 11.8 Å². The van der Waals surface area contributed by atoms with Crippen molar-refractivity contribution in [2.75, 3.05) is 29.1 Å². The monoisotopic (exact) mass is 439 g/mol. The lowest BCUT2D eigenvalue weighted by Gasteiger charge is -2.31. The van der Waals surface area contributed by atoms with Crippen LogP contribution in [0.2, 0.25) is 0 Å². The summed E-state index contributed by atoms with van der Waals surface area (Å²) < 4.78 is 0. The van der Waals surface area contributed by atoms with E-state index in [4.69, 9.17) is 0 Å². The second-order valence-electron chi connectivity index (χ2n) is 8.16. The highest BCUT2D eigenvalue weighted by Gasteiger charge is 2.30. The topological polar surface area (TPSA) is 87.2 Å². The highest BCUT2D eigenvalue weighted by atomic mass is 32.2. The van der Waals surface area contributed by atoms with Crippen LogP contribution in [0.4, 0.5) is 11.5 Å². The zero-order valence-corrected chi connectivity index (χ0v) is 18.7. The predicted octanol–water partition coefficient (Wildman–Crippen LogP) is 3.26. The Hall–Kier alpha value is -2.61. The number of anilines is 2. The molecule has 0 spiro atoms. The first kappa shape index (κ1) is 21.6. The van der Waals surface area contributed by atoms with E-state index in [9.17, 15) is 9.59 Å². The van der Waals surface area contributed by atoms with Gasteiger partial charge in [-0.3, -0.25) is 9.59 Å². The molecule has 8 heteroatoms. The van der Waals surface area contributed by atoms with Gasteiger partial charge in [-0.2, -0.15) is 0 Å². The summed E-state index contributed by atoms with van der Waals surface area (Å²) in [6, 6.07) is 12.2. The van der Waals surface area contributed by atoms with Crippen LogP contribution in [0.25, 0.3) is 0 Å². The molecule has 2 aromatic rings. The molecule has 1 aromatic carbocycles. The minimum Gasteiger partial charge on any atom is -0.355 e. The SMILES string of the molecule is CCc1ccc(NC(=O)CSc2ccc(N3CCC(C(=O)NC4CC4)CC3)nn2)cc1. The standard InChI is InChI=1S/C23H29N5O2S/c1-2-16-3-5-18(6-4-16)24-21(29)15-31-22-10-9-20(26-27-22)28-13-11-17(12-14-28)23(30)25-19-7-8-19/h3-6,9-10,17,19H,2,7-8,11-15H2,1H3,(H,24,29)(H,25,30). The molecule has 1 saturated carbocycles. The molecule has 2 amide bonds. The van der Waals surface area contributed by atoms with Gasteiger partial charge in [0.25, 0.3) is 0 Å². The number of thioether (sulfide) groups is 1. The van der Waals surface area contributed by atoms with Gasteiger partial charge in [-0.05, 0) is 61.9 Å². The zero-order chi connectivity index (χ0) is 21.6. The van der Waals surface area contributed by atoms with E-state index in [0.717, 1.165) is 61.7 Å². The van der Waals surface area contributed by atoms with Gasteiger partial charge in [0.05, 0.1) is 5.75 Å². The summed E-state index contributed by atoms with van der Waals surface area (Å²) in [6.07, 6.45) is 4.91. The number of benzene rings is 1. The summed E-state index contributed by atoms with van der Waals surface area (Å²) in [5.41, 5.74) is 2.05. The van der Waals surface area contributed by atoms with E-state index in [0.29, 0.717) is 6.04 Å². The number of amides is 2. The molecule has 0 radical (unpaired) electrons. The van der Waals surface area contributed by atoms with Gasteiger partial charge < -0.3 is 15.5 Å². The van der Waals surface area contributed by atoms with Crippen molar-refractivity contribution in [3.63, 3.8) is 0 Å². The number of hydrogen-bond acceptors (Lipinski definition) is 6. The van der Waals surface area contributed by atoms with Crippen molar-refractivity contribution in [1.82, 2.24) is 15.5 Å². The predicted molar refractivity (Wildman–Crippen MR) is 123 cm³/mol. The molecule has 164 valence electrons. The zero-order valence-electron chi connectivity index (χ0n) is 17.8. The number of nitrogens with zero attached hydrogens (tertiary/aromatic N) is 3. The fraction of sp³-hybridized carbons (Fsp3) is 0.478. The van der Waals surface area contributed by atoms with Gasteiger partial charge in [0.1, 0.15) is 5.03 Å². The minimum atomic E-state index is -0.0633. The molecule has 0 bridgehead atoms. The van der Waals surface area contributed by atoms with E-state index in [1.54, 1.807) is 0 Å². The van der Waals surface area contributed by atoms with Crippen molar-refractivity contribution in [3.8, 4) is 0 Å². The van der Waals surface area contributed by atoms with Crippen LogP contribution in [-0.4, -0.2) is 46.9 Å². The summed E-state index contributed by atoms with van der Waals surface area (Å²) in [5, 5.41) is 15.3. The third-order valence-electron chi connectivity index (χ3n) is 5.74. The Balaban J connectivity index is 1.21. The van der Waals surface area contributed by atoms with Crippen LogP contribution in [0, 0.1) is 5.92 Å². The third kappa shape index (κ3) is 6.19. The Labute approximate surface area is 187 Å². The molecule has 0 unspecified atom stereocenters. The molecule has 31 heavy (non-hydrogen) atoms. The molecule has 4 rings (SSSR count). The lowest BCUT2D eigenvalue weighted by Crippen LogP contribution is -2.41. The van der Waals surface area contributed by atoms with Crippen molar-refractivity contribution in [2.24, 2.45) is 5.92 Å². The first-order chi connectivity index (χ1) is 15.1. The molecule has 2 aliphatic rings. The van der Waals surface area contributed by atoms with Gasteiger partial charge >= 0.3 is 0 Å². The molecule has 1 aliphatic heterocycles. The average molecular weight is 440 g/mol. The van der Waals surface area contributed by atoms with Gasteiger partial charge in [-0.15, -0.1) is 10.2 Å². The van der Waals surface area contributed by atoms with Crippen molar-refractivity contribution in [3.05, 3.63) is 42.0 Å². The van der Waals surface area contributed by atoms with Gasteiger partial charge in [0.2, 0.25) is 11.8 Å². The molecule has 7 nitrogen and oxygen atoms in total. The van der Waals surface area contributed by atoms with Crippen LogP contribution in [0.5, 0.6) is 0 Å². The summed E-state index contributed by atoms with van der Waals surface area (Å²) in [7, 11) is 0. The molecule has 1 saturated heterocycles. The van der Waals surface area contributed by atoms with Crippen LogP contribution < -0.4 is 15.5 Å². The fourth-order valence-corrected chi connectivity index (χ4v) is 4.25. The second kappa shape index (κ2) is 10.1. The molecule has 2 N–H and O–H groups in total. The Morgan fingerprint density at radius 3 is 2.39 bits per heavy atom. The maximum absolute atomic E-state index is 12.2. The summed E-state index contributed by atoms with van der Waals surface area (Å²) in [6.45, 7) is 3.72. The highest BCUT2D eigenvalue weighted by Crippen LogP contribution is 2.25. The number of hydrogen-bond donors (Lipinski definition) is 2. The first-order valence-electron chi connectivity index (χ1n) is 11.0. The number of aromatic nitrogens is 2. The third-order valence-corrected chi connectivity index (χ3v) is 6.66. The quantitative estimate of drug-likeness (QED) is 0.614. The smallest absolute Gasteiger partial charge is 0.234 e. The summed E-state index contributed by atoms with van der Waals surface area (Å²) in [5.74, 6) is 1.36. The van der Waals surface area contributed by atoms with Crippen LogP contribution in [0.3, 0.4) is 0 Å².